The molecule has 0 fully saturated rings. The van der Waals surface area contributed by atoms with Crippen LogP contribution in [-0.2, 0) is 0 Å². The molecule has 0 amide bonds. The van der Waals surface area contributed by atoms with Gasteiger partial charge in [-0.05, 0) is 101 Å². The minimum Gasteiger partial charge on any atom is -0.438 e. The van der Waals surface area contributed by atoms with Gasteiger partial charge in [0, 0.05) is 58.2 Å². The number of anilines is 3. The van der Waals surface area contributed by atoms with Crippen LogP contribution in [0.25, 0.3) is 88.4 Å². The van der Waals surface area contributed by atoms with Crippen molar-refractivity contribution < 1.29 is 4.42 Å². The lowest BCUT2D eigenvalue weighted by molar-refractivity contribution is 0.656. The molecule has 0 atom stereocenters. The van der Waals surface area contributed by atoms with Gasteiger partial charge in [-0.15, -0.1) is 0 Å². The number of hydrogen-bond donors (Lipinski definition) is 0. The molecule has 0 aliphatic rings. The van der Waals surface area contributed by atoms with E-state index in [1.165, 1.54) is 0 Å². The Morgan fingerprint density at radius 3 is 1.41 bits per heavy atom. The molecule has 11 aromatic rings. The molecule has 0 unspecified atom stereocenters. The summed E-state index contributed by atoms with van der Waals surface area (Å²) < 4.78 is 6.29. The van der Waals surface area contributed by atoms with Crippen LogP contribution in [0, 0.1) is 0 Å². The molecule has 11 rings (SSSR count). The van der Waals surface area contributed by atoms with E-state index < -0.39 is 0 Å². The van der Waals surface area contributed by atoms with Crippen LogP contribution in [0.4, 0.5) is 17.1 Å². The molecule has 0 spiro atoms. The van der Waals surface area contributed by atoms with Gasteiger partial charge in [-0.3, -0.25) is 19.9 Å². The molecule has 56 heavy (non-hydrogen) atoms. The maximum absolute atomic E-state index is 6.29. The van der Waals surface area contributed by atoms with Gasteiger partial charge in [0.25, 0.3) is 0 Å². The molecule has 0 aliphatic carbocycles. The van der Waals surface area contributed by atoms with Crippen molar-refractivity contribution in [2.24, 2.45) is 0 Å². The maximum Gasteiger partial charge on any atom is 0.228 e. The average molecular weight is 719 g/mol. The Morgan fingerprint density at radius 2 is 0.839 bits per heavy atom. The highest BCUT2D eigenvalue weighted by molar-refractivity contribution is 6.18. The highest BCUT2D eigenvalue weighted by atomic mass is 16.3. The van der Waals surface area contributed by atoms with E-state index in [9.17, 15) is 0 Å². The van der Waals surface area contributed by atoms with Gasteiger partial charge < -0.3 is 9.32 Å². The van der Waals surface area contributed by atoms with Crippen molar-refractivity contribution in [1.82, 2.24) is 24.9 Å². The van der Waals surface area contributed by atoms with Crippen LogP contribution < -0.4 is 4.90 Å². The van der Waals surface area contributed by atoms with Gasteiger partial charge >= 0.3 is 0 Å². The molecular formula is C49H30N6O. The molecule has 0 aliphatic heterocycles. The van der Waals surface area contributed by atoms with Gasteiger partial charge in [-0.25, -0.2) is 4.98 Å². The zero-order chi connectivity index (χ0) is 37.0. The molecule has 4 heterocycles. The smallest absolute Gasteiger partial charge is 0.228 e. The third-order valence-electron chi connectivity index (χ3n) is 10.5. The molecule has 0 saturated carbocycles. The van der Waals surface area contributed by atoms with E-state index in [-0.39, 0.29) is 0 Å². The summed E-state index contributed by atoms with van der Waals surface area (Å²) in [6.45, 7) is 0. The van der Waals surface area contributed by atoms with Crippen molar-refractivity contribution in [3.63, 3.8) is 0 Å². The number of rotatable bonds is 6. The van der Waals surface area contributed by atoms with E-state index in [1.54, 1.807) is 24.8 Å². The van der Waals surface area contributed by atoms with E-state index in [4.69, 9.17) is 9.40 Å². The fourth-order valence-electron chi connectivity index (χ4n) is 7.80. The van der Waals surface area contributed by atoms with Gasteiger partial charge in [0.1, 0.15) is 5.58 Å². The summed E-state index contributed by atoms with van der Waals surface area (Å²) in [7, 11) is 0. The number of aromatic nitrogens is 5. The summed E-state index contributed by atoms with van der Waals surface area (Å²) in [4.78, 5) is 25.2. The Kier molecular flexibility index (Phi) is 7.35. The fraction of sp³-hybridized carbons (Fsp3) is 0. The zero-order valence-electron chi connectivity index (χ0n) is 29.9. The lowest BCUT2D eigenvalue weighted by Gasteiger charge is -2.26. The van der Waals surface area contributed by atoms with Gasteiger partial charge in [0.05, 0.1) is 33.0 Å². The standard InChI is InChI=1S/C49H30N6O/c1-3-7-41-39(5-1)47(48-40-6-2-4-8-46(40)56-49(48)54-41)33-13-21-38(22-14-33)55(36-17-9-31(10-18-36)34-15-23-42-44(29-34)52-27-25-50-42)37-19-11-32(12-20-37)35-16-24-43-45(30-35)53-28-26-51-43/h1-30H. The Morgan fingerprint density at radius 1 is 0.375 bits per heavy atom. The number of hydrogen-bond acceptors (Lipinski definition) is 7. The molecule has 7 heteroatoms. The minimum atomic E-state index is 0.641. The zero-order valence-corrected chi connectivity index (χ0v) is 29.9. The number of para-hydroxylation sites is 2. The molecule has 7 nitrogen and oxygen atoms in total. The van der Waals surface area contributed by atoms with Crippen LogP contribution in [0.3, 0.4) is 0 Å². The molecule has 0 radical (unpaired) electrons. The summed E-state index contributed by atoms with van der Waals surface area (Å²) in [5.41, 5.74) is 15.6. The van der Waals surface area contributed by atoms with E-state index in [2.05, 4.69) is 146 Å². The van der Waals surface area contributed by atoms with Crippen molar-refractivity contribution in [3.8, 4) is 33.4 Å². The van der Waals surface area contributed by atoms with Gasteiger partial charge in [-0.2, -0.15) is 0 Å². The summed E-state index contributed by atoms with van der Waals surface area (Å²) >= 11 is 0. The third-order valence-corrected chi connectivity index (χ3v) is 10.5. The lowest BCUT2D eigenvalue weighted by Crippen LogP contribution is -2.09. The first-order valence-electron chi connectivity index (χ1n) is 18.5. The normalized spacial score (nSPS) is 11.6. The quantitative estimate of drug-likeness (QED) is 0.169. The van der Waals surface area contributed by atoms with Crippen molar-refractivity contribution in [2.45, 2.75) is 0 Å². The molecule has 0 saturated heterocycles. The predicted octanol–water partition coefficient (Wildman–Crippen LogP) is 12.5. The Bertz CT molecular complexity index is 3130. The van der Waals surface area contributed by atoms with E-state index in [0.29, 0.717) is 5.71 Å². The van der Waals surface area contributed by atoms with E-state index in [1.807, 2.05) is 36.4 Å². The monoisotopic (exact) mass is 718 g/mol. The molecule has 262 valence electrons. The Balaban J connectivity index is 1.02. The fourth-order valence-corrected chi connectivity index (χ4v) is 7.80. The van der Waals surface area contributed by atoms with E-state index >= 15 is 0 Å². The molecule has 0 bridgehead atoms. The van der Waals surface area contributed by atoms with Crippen LogP contribution in [0.15, 0.2) is 187 Å². The average Bonchev–Trinajstić information content (AvgIpc) is 3.64. The van der Waals surface area contributed by atoms with Crippen LogP contribution in [0.5, 0.6) is 0 Å². The topological polar surface area (TPSA) is 80.8 Å². The van der Waals surface area contributed by atoms with Gasteiger partial charge in [0.15, 0.2) is 0 Å². The highest BCUT2D eigenvalue weighted by Crippen LogP contribution is 2.42. The largest absolute Gasteiger partial charge is 0.438 e. The molecule has 4 aromatic heterocycles. The SMILES string of the molecule is c1ccc2c(-c3ccc(N(c4ccc(-c5ccc6nccnc6c5)cc4)c4ccc(-c5ccc6nccnc6c5)cc4)cc3)c3c(nc2c1)oc1ccccc13. The predicted molar refractivity (Wildman–Crippen MR) is 226 cm³/mol. The number of fused-ring (bicyclic) bond motifs is 6. The summed E-state index contributed by atoms with van der Waals surface area (Å²) in [5, 5.41) is 3.16. The molecular weight excluding hydrogens is 689 g/mol. The maximum atomic E-state index is 6.29. The summed E-state index contributed by atoms with van der Waals surface area (Å²) in [5.74, 6) is 0. The second-order valence-electron chi connectivity index (χ2n) is 13.8. The Hall–Kier alpha value is -7.77. The molecule has 0 N–H and O–H groups in total. The first kappa shape index (κ1) is 31.7. The second-order valence-corrected chi connectivity index (χ2v) is 13.8. The minimum absolute atomic E-state index is 0.641. The van der Waals surface area contributed by atoms with Crippen LogP contribution in [0.2, 0.25) is 0 Å². The molecule has 7 aromatic carbocycles. The summed E-state index contributed by atoms with van der Waals surface area (Å²) in [6, 6.07) is 55.1. The van der Waals surface area contributed by atoms with Crippen molar-refractivity contribution in [3.05, 3.63) is 183 Å². The number of nitrogens with zero attached hydrogens (tertiary/aromatic N) is 6. The van der Waals surface area contributed by atoms with Crippen molar-refractivity contribution in [2.75, 3.05) is 4.90 Å². The Labute approximate surface area is 321 Å². The first-order chi connectivity index (χ1) is 27.7. The second kappa shape index (κ2) is 13.0. The van der Waals surface area contributed by atoms with Crippen molar-refractivity contribution in [1.29, 1.82) is 0 Å². The lowest BCUT2D eigenvalue weighted by atomic mass is 9.96. The number of furan rings is 1. The third kappa shape index (κ3) is 5.41. The van der Waals surface area contributed by atoms with E-state index in [0.717, 1.165) is 99.8 Å². The number of benzene rings is 7. The number of pyridine rings is 1. The van der Waals surface area contributed by atoms with Gasteiger partial charge in [0.2, 0.25) is 5.71 Å². The highest BCUT2D eigenvalue weighted by Gasteiger charge is 2.19. The van der Waals surface area contributed by atoms with Gasteiger partial charge in [-0.1, -0.05) is 84.9 Å². The van der Waals surface area contributed by atoms with Crippen LogP contribution in [-0.4, -0.2) is 24.9 Å². The van der Waals surface area contributed by atoms with Crippen LogP contribution in [0.1, 0.15) is 0 Å². The van der Waals surface area contributed by atoms with Crippen LogP contribution >= 0.6 is 0 Å². The van der Waals surface area contributed by atoms with Crippen molar-refractivity contribution >= 4 is 72.1 Å². The first-order valence-corrected chi connectivity index (χ1v) is 18.5. The summed E-state index contributed by atoms with van der Waals surface area (Å²) in [6.07, 6.45) is 6.91.